The molecule has 1 aliphatic rings. The summed E-state index contributed by atoms with van der Waals surface area (Å²) in [5.41, 5.74) is 0. The molecular formula is C13H17N3O3S. The second-order valence-electron chi connectivity index (χ2n) is 4.71. The van der Waals surface area contributed by atoms with Crippen molar-refractivity contribution in [1.82, 2.24) is 9.88 Å². The summed E-state index contributed by atoms with van der Waals surface area (Å²) in [6, 6.07) is 0. The number of hydrogen-bond donors (Lipinski definition) is 2. The first-order valence-corrected chi connectivity index (χ1v) is 7.23. The molecule has 0 bridgehead atoms. The van der Waals surface area contributed by atoms with Gasteiger partial charge in [-0.15, -0.1) is 11.3 Å². The van der Waals surface area contributed by atoms with Crippen molar-refractivity contribution in [2.75, 3.05) is 18.4 Å². The van der Waals surface area contributed by atoms with Gasteiger partial charge >= 0.3 is 5.97 Å². The molecule has 20 heavy (non-hydrogen) atoms. The highest BCUT2D eigenvalue weighted by molar-refractivity contribution is 7.15. The lowest BCUT2D eigenvalue weighted by molar-refractivity contribution is -0.143. The molecule has 1 saturated heterocycles. The zero-order valence-electron chi connectivity index (χ0n) is 11.0. The van der Waals surface area contributed by atoms with Crippen molar-refractivity contribution < 1.29 is 14.7 Å². The molecule has 1 amide bonds. The van der Waals surface area contributed by atoms with E-state index in [2.05, 4.69) is 21.8 Å². The maximum absolute atomic E-state index is 11.2. The number of likely N-dealkylation sites (tertiary alicyclic amines) is 1. The number of rotatable bonds is 5. The van der Waals surface area contributed by atoms with Crippen molar-refractivity contribution >= 4 is 28.3 Å². The van der Waals surface area contributed by atoms with Crippen molar-refractivity contribution in [3.8, 4) is 0 Å². The number of hydrogen-bond acceptors (Lipinski definition) is 5. The van der Waals surface area contributed by atoms with Gasteiger partial charge in [-0.1, -0.05) is 6.58 Å². The number of carbonyl (C=O) groups is 2. The van der Waals surface area contributed by atoms with Crippen LogP contribution in [-0.2, 0) is 16.1 Å². The Kier molecular flexibility index (Phi) is 4.86. The molecule has 1 fully saturated rings. The van der Waals surface area contributed by atoms with Gasteiger partial charge in [-0.2, -0.15) is 0 Å². The Bertz CT molecular complexity index is 507. The fraction of sp³-hybridized carbons (Fsp3) is 0.462. The molecule has 1 aromatic heterocycles. The van der Waals surface area contributed by atoms with E-state index in [1.54, 1.807) is 6.20 Å². The summed E-state index contributed by atoms with van der Waals surface area (Å²) in [5.74, 6) is -1.18. The predicted molar refractivity (Wildman–Crippen MR) is 76.6 cm³/mol. The number of thiazole rings is 1. The average molecular weight is 295 g/mol. The highest BCUT2D eigenvalue weighted by Gasteiger charge is 2.24. The molecule has 0 saturated carbocycles. The zero-order chi connectivity index (χ0) is 14.5. The minimum absolute atomic E-state index is 0.213. The van der Waals surface area contributed by atoms with Crippen LogP contribution in [0.5, 0.6) is 0 Å². The van der Waals surface area contributed by atoms with E-state index in [1.165, 1.54) is 17.4 Å². The normalized spacial score (nSPS) is 16.8. The highest BCUT2D eigenvalue weighted by atomic mass is 32.1. The van der Waals surface area contributed by atoms with Crippen LogP contribution in [0.25, 0.3) is 0 Å². The first-order valence-electron chi connectivity index (χ1n) is 6.41. The van der Waals surface area contributed by atoms with E-state index in [0.717, 1.165) is 24.5 Å². The Morgan fingerprint density at radius 3 is 2.85 bits per heavy atom. The Balaban J connectivity index is 1.84. The first-order chi connectivity index (χ1) is 9.58. The summed E-state index contributed by atoms with van der Waals surface area (Å²) >= 11 is 1.43. The summed E-state index contributed by atoms with van der Waals surface area (Å²) in [5, 5.41) is 12.1. The van der Waals surface area contributed by atoms with Crippen LogP contribution in [0.15, 0.2) is 18.9 Å². The van der Waals surface area contributed by atoms with Crippen molar-refractivity contribution in [1.29, 1.82) is 0 Å². The molecule has 2 heterocycles. The third-order valence-electron chi connectivity index (χ3n) is 3.29. The first kappa shape index (κ1) is 14.7. The lowest BCUT2D eigenvalue weighted by Gasteiger charge is -2.29. The topological polar surface area (TPSA) is 82.5 Å². The predicted octanol–water partition coefficient (Wildman–Crippen LogP) is 1.56. The molecular weight excluding hydrogens is 278 g/mol. The minimum Gasteiger partial charge on any atom is -0.481 e. The molecule has 2 N–H and O–H groups in total. The van der Waals surface area contributed by atoms with Gasteiger partial charge in [-0.05, 0) is 32.0 Å². The number of carboxylic acids is 1. The van der Waals surface area contributed by atoms with Crippen LogP contribution >= 0.6 is 11.3 Å². The van der Waals surface area contributed by atoms with Gasteiger partial charge in [0.1, 0.15) is 0 Å². The van der Waals surface area contributed by atoms with Crippen LogP contribution in [-0.4, -0.2) is 40.0 Å². The second kappa shape index (κ2) is 6.62. The molecule has 108 valence electrons. The largest absolute Gasteiger partial charge is 0.481 e. The number of aliphatic carboxylic acids is 1. The third-order valence-corrected chi connectivity index (χ3v) is 4.18. The van der Waals surface area contributed by atoms with Gasteiger partial charge in [0.2, 0.25) is 5.91 Å². The summed E-state index contributed by atoms with van der Waals surface area (Å²) < 4.78 is 0. The number of amides is 1. The SMILES string of the molecule is C=CC(=O)Nc1ncc(CN2CCC(C(=O)O)CC2)s1. The molecule has 0 atom stereocenters. The summed E-state index contributed by atoms with van der Waals surface area (Å²) in [4.78, 5) is 29.4. The second-order valence-corrected chi connectivity index (χ2v) is 5.83. The summed E-state index contributed by atoms with van der Waals surface area (Å²) in [6.45, 7) is 5.69. The fourth-order valence-corrected chi connectivity index (χ4v) is 3.01. The van der Waals surface area contributed by atoms with E-state index in [4.69, 9.17) is 5.11 Å². The van der Waals surface area contributed by atoms with E-state index in [1.807, 2.05) is 0 Å². The Labute approximate surface area is 121 Å². The molecule has 0 aromatic carbocycles. The van der Waals surface area contributed by atoms with Gasteiger partial charge in [0.15, 0.2) is 5.13 Å². The van der Waals surface area contributed by atoms with Gasteiger partial charge in [0.25, 0.3) is 0 Å². The number of nitrogens with zero attached hydrogens (tertiary/aromatic N) is 2. The highest BCUT2D eigenvalue weighted by Crippen LogP contribution is 2.23. The van der Waals surface area contributed by atoms with Crippen LogP contribution in [0.4, 0.5) is 5.13 Å². The Hall–Kier alpha value is -1.73. The third kappa shape index (κ3) is 3.88. The van der Waals surface area contributed by atoms with Gasteiger partial charge in [-0.3, -0.25) is 19.8 Å². The van der Waals surface area contributed by atoms with Crippen LogP contribution < -0.4 is 5.32 Å². The van der Waals surface area contributed by atoms with Gasteiger partial charge < -0.3 is 5.11 Å². The van der Waals surface area contributed by atoms with E-state index in [-0.39, 0.29) is 11.8 Å². The number of carboxylic acid groups (broad SMARTS) is 1. The summed E-state index contributed by atoms with van der Waals surface area (Å²) in [7, 11) is 0. The molecule has 7 heteroatoms. The van der Waals surface area contributed by atoms with Crippen molar-refractivity contribution in [2.24, 2.45) is 5.92 Å². The van der Waals surface area contributed by atoms with Crippen molar-refractivity contribution in [3.63, 3.8) is 0 Å². The van der Waals surface area contributed by atoms with E-state index < -0.39 is 5.97 Å². The molecule has 1 aromatic rings. The number of aromatic nitrogens is 1. The molecule has 0 aliphatic carbocycles. The number of anilines is 1. The van der Waals surface area contributed by atoms with Crippen molar-refractivity contribution in [3.05, 3.63) is 23.7 Å². The monoisotopic (exact) mass is 295 g/mol. The maximum atomic E-state index is 11.2. The van der Waals surface area contributed by atoms with Crippen LogP contribution in [0.3, 0.4) is 0 Å². The molecule has 2 rings (SSSR count). The van der Waals surface area contributed by atoms with Crippen LogP contribution in [0.1, 0.15) is 17.7 Å². The van der Waals surface area contributed by atoms with Crippen LogP contribution in [0, 0.1) is 5.92 Å². The van der Waals surface area contributed by atoms with E-state index in [9.17, 15) is 9.59 Å². The number of carbonyl (C=O) groups excluding carboxylic acids is 1. The van der Waals surface area contributed by atoms with E-state index in [0.29, 0.717) is 18.0 Å². The van der Waals surface area contributed by atoms with Gasteiger partial charge in [0, 0.05) is 17.6 Å². The zero-order valence-corrected chi connectivity index (χ0v) is 11.9. The van der Waals surface area contributed by atoms with Gasteiger partial charge in [0.05, 0.1) is 5.92 Å². The maximum Gasteiger partial charge on any atom is 0.306 e. The standard InChI is InChI=1S/C13H17N3O3S/c1-2-11(17)15-13-14-7-10(20-13)8-16-5-3-9(4-6-16)12(18)19/h2,7,9H,1,3-6,8H2,(H,18,19)(H,14,15,17). The lowest BCUT2D eigenvalue weighted by atomic mass is 9.97. The quantitative estimate of drug-likeness (QED) is 0.806. The molecule has 0 radical (unpaired) electrons. The van der Waals surface area contributed by atoms with Crippen molar-refractivity contribution in [2.45, 2.75) is 19.4 Å². The molecule has 0 spiro atoms. The number of nitrogens with one attached hydrogen (secondary N) is 1. The molecule has 0 unspecified atom stereocenters. The lowest BCUT2D eigenvalue weighted by Crippen LogP contribution is -2.35. The minimum atomic E-state index is -0.697. The molecule has 1 aliphatic heterocycles. The Morgan fingerprint density at radius 2 is 2.25 bits per heavy atom. The van der Waals surface area contributed by atoms with Crippen LogP contribution in [0.2, 0.25) is 0 Å². The Morgan fingerprint density at radius 1 is 1.55 bits per heavy atom. The number of piperidine rings is 1. The summed E-state index contributed by atoms with van der Waals surface area (Å²) in [6.07, 6.45) is 4.33. The van der Waals surface area contributed by atoms with E-state index >= 15 is 0 Å². The van der Waals surface area contributed by atoms with Gasteiger partial charge in [-0.25, -0.2) is 4.98 Å². The fourth-order valence-electron chi connectivity index (χ4n) is 2.15. The molecule has 6 nitrogen and oxygen atoms in total. The smallest absolute Gasteiger partial charge is 0.306 e. The average Bonchev–Trinajstić information content (AvgIpc) is 2.86.